The van der Waals surface area contributed by atoms with Crippen LogP contribution in [0.5, 0.6) is 0 Å². The molecule has 0 spiro atoms. The van der Waals surface area contributed by atoms with Gasteiger partial charge in [0.25, 0.3) is 5.91 Å². The number of hydrogen-bond donors (Lipinski definition) is 2. The van der Waals surface area contributed by atoms with E-state index in [0.717, 1.165) is 6.54 Å². The Labute approximate surface area is 89.2 Å². The minimum atomic E-state index is -0.120. The Hall–Kier alpha value is -1.33. The van der Waals surface area contributed by atoms with Gasteiger partial charge in [-0.1, -0.05) is 0 Å². The van der Waals surface area contributed by atoms with Gasteiger partial charge in [-0.15, -0.1) is 0 Å². The summed E-state index contributed by atoms with van der Waals surface area (Å²) in [5.41, 5.74) is 5.39. The maximum Gasteiger partial charge on any atom is 0.289 e. The van der Waals surface area contributed by atoms with Crippen LogP contribution in [-0.4, -0.2) is 38.0 Å². The molecule has 5 heteroatoms. The molecule has 15 heavy (non-hydrogen) atoms. The minimum absolute atomic E-state index is 0.120. The number of amides is 1. The van der Waals surface area contributed by atoms with Gasteiger partial charge in [-0.3, -0.25) is 4.79 Å². The third kappa shape index (κ3) is 3.07. The summed E-state index contributed by atoms with van der Waals surface area (Å²) in [6, 6.07) is 3.37. The Morgan fingerprint density at radius 2 is 2.33 bits per heavy atom. The van der Waals surface area contributed by atoms with Gasteiger partial charge in [0.15, 0.2) is 5.76 Å². The molecule has 5 nitrogen and oxygen atoms in total. The fourth-order valence-electron chi connectivity index (χ4n) is 1.17. The van der Waals surface area contributed by atoms with Crippen LogP contribution < -0.4 is 11.1 Å². The molecule has 0 saturated heterocycles. The number of likely N-dealkylation sites (N-methyl/N-ethyl adjacent to an activating group) is 2. The molecule has 0 aliphatic rings. The Balaban J connectivity index is 2.59. The fraction of sp³-hybridized carbons (Fsp3) is 0.500. The van der Waals surface area contributed by atoms with Crippen molar-refractivity contribution in [3.8, 4) is 0 Å². The summed E-state index contributed by atoms with van der Waals surface area (Å²) < 4.78 is 5.26. The van der Waals surface area contributed by atoms with Crippen LogP contribution in [0.1, 0.15) is 16.3 Å². The average molecular weight is 211 g/mol. The zero-order valence-electron chi connectivity index (χ0n) is 9.12. The van der Waals surface area contributed by atoms with Crippen molar-refractivity contribution in [1.82, 2.24) is 10.2 Å². The van der Waals surface area contributed by atoms with E-state index in [1.54, 1.807) is 24.1 Å². The van der Waals surface area contributed by atoms with Gasteiger partial charge in [0.05, 0.1) is 6.54 Å². The summed E-state index contributed by atoms with van der Waals surface area (Å²) in [7, 11) is 3.59. The van der Waals surface area contributed by atoms with Gasteiger partial charge >= 0.3 is 0 Å². The Morgan fingerprint density at radius 3 is 2.87 bits per heavy atom. The minimum Gasteiger partial charge on any atom is -0.455 e. The summed E-state index contributed by atoms with van der Waals surface area (Å²) in [4.78, 5) is 13.4. The fourth-order valence-corrected chi connectivity index (χ4v) is 1.17. The molecular weight excluding hydrogens is 194 g/mol. The standard InChI is InChI=1S/C10H17N3O2/c1-12-5-6-13(2)10(14)9-4-3-8(7-11)15-9/h3-4,12H,5-7,11H2,1-2H3. The molecule has 0 atom stereocenters. The van der Waals surface area contributed by atoms with Gasteiger partial charge < -0.3 is 20.4 Å². The lowest BCUT2D eigenvalue weighted by atomic mass is 10.4. The van der Waals surface area contributed by atoms with E-state index in [2.05, 4.69) is 5.32 Å². The summed E-state index contributed by atoms with van der Waals surface area (Å²) in [5.74, 6) is 0.847. The van der Waals surface area contributed by atoms with E-state index in [-0.39, 0.29) is 5.91 Å². The SMILES string of the molecule is CNCCN(C)C(=O)c1ccc(CN)o1. The van der Waals surface area contributed by atoms with Gasteiger partial charge in [-0.2, -0.15) is 0 Å². The van der Waals surface area contributed by atoms with E-state index in [1.807, 2.05) is 7.05 Å². The molecule has 0 aliphatic heterocycles. The van der Waals surface area contributed by atoms with Crippen molar-refractivity contribution >= 4 is 5.91 Å². The number of carbonyl (C=O) groups excluding carboxylic acids is 1. The number of carbonyl (C=O) groups is 1. The van der Waals surface area contributed by atoms with Crippen LogP contribution >= 0.6 is 0 Å². The van der Waals surface area contributed by atoms with Crippen molar-refractivity contribution in [3.63, 3.8) is 0 Å². The largest absolute Gasteiger partial charge is 0.455 e. The van der Waals surface area contributed by atoms with Gasteiger partial charge in [0, 0.05) is 20.1 Å². The molecule has 0 fully saturated rings. The van der Waals surface area contributed by atoms with Crippen LogP contribution in [0.4, 0.5) is 0 Å². The molecule has 3 N–H and O–H groups in total. The molecule has 84 valence electrons. The highest BCUT2D eigenvalue weighted by atomic mass is 16.4. The van der Waals surface area contributed by atoms with Crippen molar-refractivity contribution < 1.29 is 9.21 Å². The van der Waals surface area contributed by atoms with Crippen molar-refractivity contribution in [3.05, 3.63) is 23.7 Å². The smallest absolute Gasteiger partial charge is 0.289 e. The number of rotatable bonds is 5. The first-order chi connectivity index (χ1) is 7.19. The lowest BCUT2D eigenvalue weighted by Gasteiger charge is -2.14. The van der Waals surface area contributed by atoms with Crippen LogP contribution in [-0.2, 0) is 6.54 Å². The molecule has 1 aromatic rings. The second-order valence-electron chi connectivity index (χ2n) is 3.30. The summed E-state index contributed by atoms with van der Waals surface area (Å²) in [5, 5.41) is 2.98. The molecule has 0 aromatic carbocycles. The molecule has 1 aromatic heterocycles. The van der Waals surface area contributed by atoms with Crippen molar-refractivity contribution in [1.29, 1.82) is 0 Å². The highest BCUT2D eigenvalue weighted by Gasteiger charge is 2.14. The number of furan rings is 1. The number of nitrogens with two attached hydrogens (primary N) is 1. The predicted molar refractivity (Wildman–Crippen MR) is 57.5 cm³/mol. The van der Waals surface area contributed by atoms with Gasteiger partial charge in [0.2, 0.25) is 0 Å². The van der Waals surface area contributed by atoms with Gasteiger partial charge in [-0.05, 0) is 19.2 Å². The summed E-state index contributed by atoms with van der Waals surface area (Å²) in [6.07, 6.45) is 0. The Kier molecular flexibility index (Phi) is 4.33. The molecule has 0 bridgehead atoms. The van der Waals surface area contributed by atoms with Crippen LogP contribution in [0.25, 0.3) is 0 Å². The first kappa shape index (κ1) is 11.7. The molecule has 0 radical (unpaired) electrons. The Bertz CT molecular complexity index is 322. The second-order valence-corrected chi connectivity index (χ2v) is 3.30. The lowest BCUT2D eigenvalue weighted by molar-refractivity contribution is 0.0763. The van der Waals surface area contributed by atoms with E-state index in [1.165, 1.54) is 0 Å². The monoisotopic (exact) mass is 211 g/mol. The molecule has 1 amide bonds. The molecule has 0 saturated carbocycles. The van der Waals surface area contributed by atoms with Crippen molar-refractivity contribution in [2.75, 3.05) is 27.2 Å². The van der Waals surface area contributed by atoms with Crippen LogP contribution in [0.15, 0.2) is 16.5 Å². The zero-order chi connectivity index (χ0) is 11.3. The normalized spacial score (nSPS) is 10.3. The van der Waals surface area contributed by atoms with E-state index >= 15 is 0 Å². The number of nitrogens with zero attached hydrogens (tertiary/aromatic N) is 1. The van der Waals surface area contributed by atoms with E-state index in [0.29, 0.717) is 24.6 Å². The molecule has 1 rings (SSSR count). The van der Waals surface area contributed by atoms with Crippen LogP contribution in [0, 0.1) is 0 Å². The summed E-state index contributed by atoms with van der Waals surface area (Å²) >= 11 is 0. The maximum absolute atomic E-state index is 11.7. The second kappa shape index (κ2) is 5.53. The number of hydrogen-bond acceptors (Lipinski definition) is 4. The first-order valence-corrected chi connectivity index (χ1v) is 4.88. The van der Waals surface area contributed by atoms with Crippen LogP contribution in [0.3, 0.4) is 0 Å². The Morgan fingerprint density at radius 1 is 1.60 bits per heavy atom. The van der Waals surface area contributed by atoms with Crippen molar-refractivity contribution in [2.24, 2.45) is 5.73 Å². The molecule has 0 aliphatic carbocycles. The topological polar surface area (TPSA) is 71.5 Å². The average Bonchev–Trinajstić information content (AvgIpc) is 2.73. The zero-order valence-corrected chi connectivity index (χ0v) is 9.12. The van der Waals surface area contributed by atoms with E-state index < -0.39 is 0 Å². The predicted octanol–water partition coefficient (Wildman–Crippen LogP) is 0.0297. The molecule has 0 unspecified atom stereocenters. The van der Waals surface area contributed by atoms with E-state index in [4.69, 9.17) is 10.2 Å². The third-order valence-electron chi connectivity index (χ3n) is 2.12. The van der Waals surface area contributed by atoms with E-state index in [9.17, 15) is 4.79 Å². The highest BCUT2D eigenvalue weighted by Crippen LogP contribution is 2.09. The van der Waals surface area contributed by atoms with Gasteiger partial charge in [-0.25, -0.2) is 0 Å². The van der Waals surface area contributed by atoms with Gasteiger partial charge in [0.1, 0.15) is 5.76 Å². The lowest BCUT2D eigenvalue weighted by Crippen LogP contribution is -2.32. The molecule has 1 heterocycles. The third-order valence-corrected chi connectivity index (χ3v) is 2.12. The maximum atomic E-state index is 11.7. The van der Waals surface area contributed by atoms with Crippen molar-refractivity contribution in [2.45, 2.75) is 6.54 Å². The quantitative estimate of drug-likeness (QED) is 0.720. The van der Waals surface area contributed by atoms with Crippen LogP contribution in [0.2, 0.25) is 0 Å². The summed E-state index contributed by atoms with van der Waals surface area (Å²) in [6.45, 7) is 1.72. The first-order valence-electron chi connectivity index (χ1n) is 4.88. The number of nitrogens with one attached hydrogen (secondary N) is 1. The molecular formula is C10H17N3O2. The highest BCUT2D eigenvalue weighted by molar-refractivity contribution is 5.91.